The molecule has 0 aromatic carbocycles. The van der Waals surface area contributed by atoms with E-state index in [4.69, 9.17) is 5.11 Å². The van der Waals surface area contributed by atoms with Crippen LogP contribution in [0.4, 0.5) is 8.78 Å². The van der Waals surface area contributed by atoms with Gasteiger partial charge in [0.05, 0.1) is 12.2 Å². The topological polar surface area (TPSA) is 33.1 Å². The van der Waals surface area contributed by atoms with Crippen LogP contribution in [0.3, 0.4) is 0 Å². The molecule has 0 radical (unpaired) electrons. The Morgan fingerprint density at radius 1 is 1.62 bits per heavy atom. The quantitative estimate of drug-likeness (QED) is 0.647. The highest BCUT2D eigenvalue weighted by atomic mass is 127. The average Bonchev–Trinajstić information content (AvgIpc) is 2.07. The summed E-state index contributed by atoms with van der Waals surface area (Å²) in [6.07, 6.45) is -1.19. The van der Waals surface area contributed by atoms with Crippen molar-refractivity contribution in [2.75, 3.05) is 0 Å². The second-order valence-electron chi connectivity index (χ2n) is 2.25. The molecule has 1 aromatic heterocycles. The lowest BCUT2D eigenvalue weighted by Gasteiger charge is -2.09. The fourth-order valence-electron chi connectivity index (χ4n) is 0.896. The van der Waals surface area contributed by atoms with Gasteiger partial charge in [-0.15, -0.1) is 0 Å². The third-order valence-corrected chi connectivity index (χ3v) is 3.06. The first-order chi connectivity index (χ1) is 6.07. The van der Waals surface area contributed by atoms with Crippen LogP contribution in [0.2, 0.25) is 0 Å². The molecule has 0 saturated carbocycles. The number of aliphatic hydroxyl groups excluding tert-OH is 1. The zero-order valence-electron chi connectivity index (χ0n) is 6.27. The van der Waals surface area contributed by atoms with Crippen molar-refractivity contribution >= 4 is 38.5 Å². The third kappa shape index (κ3) is 2.35. The second-order valence-corrected chi connectivity index (χ2v) is 4.16. The molecule has 1 heterocycles. The Hall–Kier alpha value is 0.180. The van der Waals surface area contributed by atoms with Crippen molar-refractivity contribution in [3.05, 3.63) is 25.5 Å². The predicted molar refractivity (Wildman–Crippen MR) is 55.5 cm³/mol. The summed E-state index contributed by atoms with van der Waals surface area (Å²) in [5.41, 5.74) is 0.00637. The summed E-state index contributed by atoms with van der Waals surface area (Å²) >= 11 is 4.78. The normalized spacial score (nSPS) is 10.9. The molecular weight excluding hydrogens is 359 g/mol. The molecule has 0 unspecified atom stereocenters. The van der Waals surface area contributed by atoms with Crippen LogP contribution in [0.5, 0.6) is 0 Å². The first-order valence-electron chi connectivity index (χ1n) is 3.29. The minimum atomic E-state index is -2.63. The molecule has 0 amide bonds. The van der Waals surface area contributed by atoms with Crippen molar-refractivity contribution < 1.29 is 13.9 Å². The third-order valence-electron chi connectivity index (χ3n) is 1.50. The highest BCUT2D eigenvalue weighted by Gasteiger charge is 2.19. The van der Waals surface area contributed by atoms with E-state index in [-0.39, 0.29) is 15.7 Å². The number of aliphatic hydroxyl groups is 1. The number of hydrogen-bond donors (Lipinski definition) is 1. The van der Waals surface area contributed by atoms with Gasteiger partial charge in [-0.2, -0.15) is 0 Å². The van der Waals surface area contributed by atoms with E-state index in [9.17, 15) is 8.78 Å². The molecule has 1 rings (SSSR count). The van der Waals surface area contributed by atoms with Crippen LogP contribution in [0, 0.1) is 3.57 Å². The molecule has 0 bridgehead atoms. The van der Waals surface area contributed by atoms with Gasteiger partial charge in [0.25, 0.3) is 6.43 Å². The summed E-state index contributed by atoms with van der Waals surface area (Å²) in [6, 6.07) is 0. The molecule has 13 heavy (non-hydrogen) atoms. The number of hydrogen-bond acceptors (Lipinski definition) is 2. The lowest BCUT2D eigenvalue weighted by molar-refractivity contribution is 0.145. The van der Waals surface area contributed by atoms with Gasteiger partial charge in [-0.05, 0) is 38.5 Å². The molecule has 0 fully saturated rings. The van der Waals surface area contributed by atoms with E-state index < -0.39 is 13.0 Å². The number of alkyl halides is 2. The summed E-state index contributed by atoms with van der Waals surface area (Å²) in [5.74, 6) is 0. The minimum absolute atomic E-state index is 0.0898. The molecule has 0 aliphatic carbocycles. The molecule has 0 aliphatic heterocycles. The van der Waals surface area contributed by atoms with Crippen molar-refractivity contribution in [1.82, 2.24) is 4.98 Å². The highest BCUT2D eigenvalue weighted by Crippen LogP contribution is 2.31. The van der Waals surface area contributed by atoms with Gasteiger partial charge in [-0.1, -0.05) is 0 Å². The van der Waals surface area contributed by atoms with Crippen molar-refractivity contribution in [1.29, 1.82) is 0 Å². The summed E-state index contributed by atoms with van der Waals surface area (Å²) in [5, 5.41) is 8.89. The van der Waals surface area contributed by atoms with Crippen LogP contribution < -0.4 is 0 Å². The first kappa shape index (κ1) is 11.3. The maximum Gasteiger partial charge on any atom is 0.266 e. The Labute approximate surface area is 95.6 Å². The van der Waals surface area contributed by atoms with Gasteiger partial charge in [0.1, 0.15) is 4.60 Å². The SMILES string of the molecule is OCc1c(I)cnc(Br)c1C(F)F. The Kier molecular flexibility index (Phi) is 3.99. The van der Waals surface area contributed by atoms with Crippen molar-refractivity contribution in [3.8, 4) is 0 Å². The lowest BCUT2D eigenvalue weighted by Crippen LogP contribution is -2.01. The van der Waals surface area contributed by atoms with Crippen LogP contribution in [0.25, 0.3) is 0 Å². The summed E-state index contributed by atoms with van der Waals surface area (Å²) < 4.78 is 25.6. The van der Waals surface area contributed by atoms with Gasteiger partial charge in [0.15, 0.2) is 0 Å². The van der Waals surface area contributed by atoms with Gasteiger partial charge in [0.2, 0.25) is 0 Å². The van der Waals surface area contributed by atoms with Crippen LogP contribution in [0.15, 0.2) is 10.8 Å². The number of aromatic nitrogens is 1. The summed E-state index contributed by atoms with van der Waals surface area (Å²) in [7, 11) is 0. The highest BCUT2D eigenvalue weighted by molar-refractivity contribution is 14.1. The summed E-state index contributed by atoms with van der Waals surface area (Å²) in [4.78, 5) is 3.73. The molecule has 0 aliphatic rings. The van der Waals surface area contributed by atoms with Crippen LogP contribution >= 0.6 is 38.5 Å². The monoisotopic (exact) mass is 363 g/mol. The van der Waals surface area contributed by atoms with E-state index in [0.717, 1.165) is 0 Å². The maximum atomic E-state index is 12.5. The molecule has 1 aromatic rings. The number of rotatable bonds is 2. The number of nitrogens with zero attached hydrogens (tertiary/aromatic N) is 1. The van der Waals surface area contributed by atoms with Crippen LogP contribution in [-0.2, 0) is 6.61 Å². The fourth-order valence-corrected chi connectivity index (χ4v) is 2.01. The molecule has 6 heteroatoms. The number of halogens is 4. The van der Waals surface area contributed by atoms with Gasteiger partial charge >= 0.3 is 0 Å². The van der Waals surface area contributed by atoms with Crippen molar-refractivity contribution in [3.63, 3.8) is 0 Å². The van der Waals surface area contributed by atoms with E-state index in [1.807, 2.05) is 22.6 Å². The van der Waals surface area contributed by atoms with Gasteiger partial charge in [-0.25, -0.2) is 13.8 Å². The Morgan fingerprint density at radius 3 is 2.62 bits per heavy atom. The first-order valence-corrected chi connectivity index (χ1v) is 5.17. The van der Waals surface area contributed by atoms with E-state index in [1.54, 1.807) is 0 Å². The fraction of sp³-hybridized carbons (Fsp3) is 0.286. The van der Waals surface area contributed by atoms with Crippen LogP contribution in [0.1, 0.15) is 17.6 Å². The Morgan fingerprint density at radius 2 is 2.23 bits per heavy atom. The molecular formula is C7H5BrF2INO. The van der Waals surface area contributed by atoms with E-state index in [1.165, 1.54) is 6.20 Å². The zero-order valence-corrected chi connectivity index (χ0v) is 10.0. The smallest absolute Gasteiger partial charge is 0.266 e. The average molecular weight is 364 g/mol. The standard InChI is InChI=1S/C7H5BrF2INO/c8-6-5(7(9)10)3(2-13)4(11)1-12-6/h1,7,13H,2H2. The number of pyridine rings is 1. The minimum Gasteiger partial charge on any atom is -0.392 e. The predicted octanol–water partition coefficient (Wildman–Crippen LogP) is 2.88. The Balaban J connectivity index is 3.35. The Bertz CT molecular complexity index is 322. The molecule has 2 nitrogen and oxygen atoms in total. The molecule has 72 valence electrons. The van der Waals surface area contributed by atoms with Crippen LogP contribution in [-0.4, -0.2) is 10.1 Å². The molecule has 0 spiro atoms. The maximum absolute atomic E-state index is 12.5. The zero-order chi connectivity index (χ0) is 10.0. The largest absolute Gasteiger partial charge is 0.392 e. The van der Waals surface area contributed by atoms with E-state index >= 15 is 0 Å². The molecule has 1 N–H and O–H groups in total. The lowest BCUT2D eigenvalue weighted by atomic mass is 10.1. The summed E-state index contributed by atoms with van der Waals surface area (Å²) in [6.45, 7) is -0.404. The second kappa shape index (κ2) is 4.61. The van der Waals surface area contributed by atoms with Crippen molar-refractivity contribution in [2.45, 2.75) is 13.0 Å². The molecule has 0 saturated heterocycles. The van der Waals surface area contributed by atoms with Crippen molar-refractivity contribution in [2.24, 2.45) is 0 Å². The van der Waals surface area contributed by atoms with E-state index in [0.29, 0.717) is 3.57 Å². The van der Waals surface area contributed by atoms with Gasteiger partial charge < -0.3 is 5.11 Å². The van der Waals surface area contributed by atoms with E-state index in [2.05, 4.69) is 20.9 Å². The van der Waals surface area contributed by atoms with Gasteiger partial charge in [0, 0.05) is 15.3 Å². The molecule has 0 atom stereocenters. The van der Waals surface area contributed by atoms with Gasteiger partial charge in [-0.3, -0.25) is 0 Å².